The number of likely N-dealkylation sites (tertiary alicyclic amines) is 1. The van der Waals surface area contributed by atoms with Crippen LogP contribution >= 0.6 is 11.3 Å². The highest BCUT2D eigenvalue weighted by molar-refractivity contribution is 7.15. The van der Waals surface area contributed by atoms with Crippen LogP contribution in [0.15, 0.2) is 46.8 Å². The minimum Gasteiger partial charge on any atom is -0.465 e. The van der Waals surface area contributed by atoms with E-state index in [-0.39, 0.29) is 23.0 Å². The summed E-state index contributed by atoms with van der Waals surface area (Å²) in [6.45, 7) is 1.22. The van der Waals surface area contributed by atoms with Crippen LogP contribution < -0.4 is 5.56 Å². The highest BCUT2D eigenvalue weighted by Gasteiger charge is 2.29. The van der Waals surface area contributed by atoms with E-state index in [4.69, 9.17) is 4.74 Å². The number of nitrogens with zero attached hydrogens (tertiary/aromatic N) is 3. The van der Waals surface area contributed by atoms with E-state index in [0.717, 1.165) is 18.4 Å². The number of carbonyl (C=O) groups excluding carboxylic acids is 2. The fourth-order valence-electron chi connectivity index (χ4n) is 3.55. The number of thiazole rings is 1. The zero-order valence-electron chi connectivity index (χ0n) is 15.3. The minimum atomic E-state index is -0.355. The predicted octanol–water partition coefficient (Wildman–Crippen LogP) is 2.25. The van der Waals surface area contributed by atoms with Crippen LogP contribution in [0.5, 0.6) is 0 Å². The van der Waals surface area contributed by atoms with Crippen molar-refractivity contribution in [2.45, 2.75) is 12.8 Å². The lowest BCUT2D eigenvalue weighted by atomic mass is 9.98. The normalized spacial score (nSPS) is 16.5. The van der Waals surface area contributed by atoms with Gasteiger partial charge in [-0.1, -0.05) is 12.1 Å². The summed E-state index contributed by atoms with van der Waals surface area (Å²) in [5.41, 5.74) is 1.41. The number of hydrogen-bond acceptors (Lipinski definition) is 6. The van der Waals surface area contributed by atoms with Crippen molar-refractivity contribution < 1.29 is 14.3 Å². The number of benzene rings is 1. The number of hydrogen-bond donors (Lipinski definition) is 0. The first kappa shape index (κ1) is 18.4. The summed E-state index contributed by atoms with van der Waals surface area (Å²) in [7, 11) is 1.36. The topological polar surface area (TPSA) is 81.0 Å². The average Bonchev–Trinajstić information content (AvgIpc) is 3.38. The SMILES string of the molecule is COC(=O)c1ccc(CC2CCN(C(=O)c3cnc4sccn4c3=O)C2)cc1. The van der Waals surface area contributed by atoms with Crippen molar-refractivity contribution >= 4 is 28.2 Å². The molecule has 0 spiro atoms. The zero-order chi connectivity index (χ0) is 19.7. The second kappa shape index (κ2) is 7.55. The first-order valence-corrected chi connectivity index (χ1v) is 9.86. The minimum absolute atomic E-state index is 0.110. The van der Waals surface area contributed by atoms with Gasteiger partial charge in [0.05, 0.1) is 12.7 Å². The van der Waals surface area contributed by atoms with Gasteiger partial charge in [-0.3, -0.25) is 14.0 Å². The number of ether oxygens (including phenoxy) is 1. The standard InChI is InChI=1S/C20H19N3O4S/c1-27-19(26)15-4-2-13(3-5-15)10-14-6-7-22(12-14)17(24)16-11-21-20-23(18(16)25)8-9-28-20/h2-5,8-9,11,14H,6-7,10,12H2,1H3. The third kappa shape index (κ3) is 3.43. The second-order valence-corrected chi connectivity index (χ2v) is 7.70. The summed E-state index contributed by atoms with van der Waals surface area (Å²) in [6, 6.07) is 7.33. The van der Waals surface area contributed by atoms with Crippen molar-refractivity contribution in [3.05, 3.63) is 69.1 Å². The van der Waals surface area contributed by atoms with Gasteiger partial charge >= 0.3 is 5.97 Å². The van der Waals surface area contributed by atoms with Crippen LogP contribution in [0.25, 0.3) is 4.96 Å². The van der Waals surface area contributed by atoms with E-state index in [2.05, 4.69) is 4.98 Å². The molecule has 0 saturated carbocycles. The molecular weight excluding hydrogens is 378 g/mol. The van der Waals surface area contributed by atoms with Crippen molar-refractivity contribution in [2.24, 2.45) is 5.92 Å². The summed E-state index contributed by atoms with van der Waals surface area (Å²) < 4.78 is 6.12. The first-order valence-electron chi connectivity index (χ1n) is 8.98. The zero-order valence-corrected chi connectivity index (χ0v) is 16.1. The lowest BCUT2D eigenvalue weighted by Crippen LogP contribution is -2.34. The molecule has 1 unspecified atom stereocenters. The maximum absolute atomic E-state index is 12.8. The van der Waals surface area contributed by atoms with Gasteiger partial charge in [0, 0.05) is 30.9 Å². The number of esters is 1. The lowest BCUT2D eigenvalue weighted by Gasteiger charge is -2.16. The maximum Gasteiger partial charge on any atom is 0.337 e. The van der Waals surface area contributed by atoms with Crippen LogP contribution in [0.3, 0.4) is 0 Å². The molecule has 3 aromatic rings. The van der Waals surface area contributed by atoms with E-state index in [1.165, 1.54) is 29.0 Å². The van der Waals surface area contributed by atoms with Crippen LogP contribution in [-0.4, -0.2) is 46.4 Å². The molecule has 1 fully saturated rings. The van der Waals surface area contributed by atoms with E-state index < -0.39 is 0 Å². The van der Waals surface area contributed by atoms with Gasteiger partial charge in [0.2, 0.25) is 0 Å². The van der Waals surface area contributed by atoms with Crippen LogP contribution in [0.4, 0.5) is 0 Å². The van der Waals surface area contributed by atoms with Crippen molar-refractivity contribution in [1.82, 2.24) is 14.3 Å². The van der Waals surface area contributed by atoms with Crippen LogP contribution in [-0.2, 0) is 11.2 Å². The number of fused-ring (bicyclic) bond motifs is 1. The molecule has 8 heteroatoms. The highest BCUT2D eigenvalue weighted by Crippen LogP contribution is 2.22. The number of rotatable bonds is 4. The fourth-order valence-corrected chi connectivity index (χ4v) is 4.23. The summed E-state index contributed by atoms with van der Waals surface area (Å²) >= 11 is 1.36. The van der Waals surface area contributed by atoms with Crippen molar-refractivity contribution in [2.75, 3.05) is 20.2 Å². The van der Waals surface area contributed by atoms with Gasteiger partial charge in [-0.15, -0.1) is 11.3 Å². The van der Waals surface area contributed by atoms with E-state index >= 15 is 0 Å². The molecule has 4 rings (SSSR count). The Balaban J connectivity index is 1.43. The van der Waals surface area contributed by atoms with Crippen molar-refractivity contribution in [1.29, 1.82) is 0 Å². The molecular formula is C20H19N3O4S. The van der Waals surface area contributed by atoms with Gasteiger partial charge in [-0.05, 0) is 36.5 Å². The Morgan fingerprint density at radius 1 is 1.29 bits per heavy atom. The van der Waals surface area contributed by atoms with Gasteiger partial charge in [0.1, 0.15) is 5.56 Å². The monoisotopic (exact) mass is 397 g/mol. The third-order valence-electron chi connectivity index (χ3n) is 5.05. The molecule has 1 aliphatic rings. The molecule has 0 radical (unpaired) electrons. The van der Waals surface area contributed by atoms with Gasteiger partial charge in [0.25, 0.3) is 11.5 Å². The Morgan fingerprint density at radius 3 is 2.82 bits per heavy atom. The molecule has 0 N–H and O–H groups in total. The van der Waals surface area contributed by atoms with E-state index in [9.17, 15) is 14.4 Å². The molecule has 1 saturated heterocycles. The summed E-state index contributed by atoms with van der Waals surface area (Å²) in [6.07, 6.45) is 4.71. The van der Waals surface area contributed by atoms with Crippen molar-refractivity contribution in [3.8, 4) is 0 Å². The number of carbonyl (C=O) groups is 2. The Morgan fingerprint density at radius 2 is 2.07 bits per heavy atom. The highest BCUT2D eigenvalue weighted by atomic mass is 32.1. The average molecular weight is 397 g/mol. The van der Waals surface area contributed by atoms with E-state index in [1.54, 1.807) is 28.6 Å². The van der Waals surface area contributed by atoms with Crippen molar-refractivity contribution in [3.63, 3.8) is 0 Å². The third-order valence-corrected chi connectivity index (χ3v) is 5.82. The Bertz CT molecular complexity index is 1090. The maximum atomic E-state index is 12.8. The molecule has 144 valence electrons. The Hall–Kier alpha value is -3.00. The molecule has 0 bridgehead atoms. The first-order chi connectivity index (χ1) is 13.6. The Kier molecular flexibility index (Phi) is 4.95. The number of amides is 1. The quantitative estimate of drug-likeness (QED) is 0.631. The van der Waals surface area contributed by atoms with Crippen LogP contribution in [0.1, 0.15) is 32.7 Å². The smallest absolute Gasteiger partial charge is 0.337 e. The molecule has 0 aliphatic carbocycles. The van der Waals surface area contributed by atoms with Gasteiger partial charge < -0.3 is 9.64 Å². The summed E-state index contributed by atoms with van der Waals surface area (Å²) in [4.78, 5) is 43.4. The molecule has 1 atom stereocenters. The lowest BCUT2D eigenvalue weighted by molar-refractivity contribution is 0.0600. The largest absolute Gasteiger partial charge is 0.465 e. The molecule has 3 heterocycles. The molecule has 1 aliphatic heterocycles. The van der Waals surface area contributed by atoms with Gasteiger partial charge in [0.15, 0.2) is 4.96 Å². The molecule has 7 nitrogen and oxygen atoms in total. The predicted molar refractivity (Wildman–Crippen MR) is 105 cm³/mol. The number of methoxy groups -OCH3 is 1. The molecule has 1 amide bonds. The van der Waals surface area contributed by atoms with Crippen LogP contribution in [0.2, 0.25) is 0 Å². The molecule has 28 heavy (non-hydrogen) atoms. The van der Waals surface area contributed by atoms with E-state index in [0.29, 0.717) is 29.5 Å². The second-order valence-electron chi connectivity index (χ2n) is 6.83. The van der Waals surface area contributed by atoms with Gasteiger partial charge in [-0.25, -0.2) is 9.78 Å². The molecule has 2 aromatic heterocycles. The summed E-state index contributed by atoms with van der Waals surface area (Å²) in [5, 5.41) is 1.77. The van der Waals surface area contributed by atoms with E-state index in [1.807, 2.05) is 12.1 Å². The van der Waals surface area contributed by atoms with Gasteiger partial charge in [-0.2, -0.15) is 0 Å². The number of aromatic nitrogens is 2. The van der Waals surface area contributed by atoms with Crippen LogP contribution in [0, 0.1) is 5.92 Å². The Labute approximate surface area is 165 Å². The molecule has 1 aromatic carbocycles. The summed E-state index contributed by atoms with van der Waals surface area (Å²) in [5.74, 6) is -0.304. The fraction of sp³-hybridized carbons (Fsp3) is 0.300.